The first-order valence-electron chi connectivity index (χ1n) is 3.47. The van der Waals surface area contributed by atoms with Gasteiger partial charge in [-0.05, 0) is 11.6 Å². The van der Waals surface area contributed by atoms with E-state index in [-0.39, 0.29) is 69.1 Å². The van der Waals surface area contributed by atoms with Gasteiger partial charge in [0.05, 0.1) is 5.43 Å². The van der Waals surface area contributed by atoms with Crippen LogP contribution in [0.3, 0.4) is 0 Å². The maximum atomic E-state index is 10.8. The third-order valence-corrected chi connectivity index (χ3v) is 1.22. The summed E-state index contributed by atoms with van der Waals surface area (Å²) in [6.45, 7) is 3.47. The minimum absolute atomic E-state index is 0. The molecule has 0 aliphatic carbocycles. The molecule has 0 fully saturated rings. The summed E-state index contributed by atoms with van der Waals surface area (Å²) in [4.78, 5) is 10.8. The molecule has 0 bridgehead atoms. The third-order valence-electron chi connectivity index (χ3n) is 1.22. The molecule has 0 heterocycles. The molecule has 0 saturated heterocycles. The molecule has 1 N–H and O–H groups in total. The van der Waals surface area contributed by atoms with Gasteiger partial charge in [-0.3, -0.25) is 0 Å². The molecular formula is C11H8O2Rb-. The van der Waals surface area contributed by atoms with Crippen LogP contribution in [0.2, 0.25) is 0 Å². The van der Waals surface area contributed by atoms with Crippen molar-refractivity contribution in [1.82, 2.24) is 0 Å². The Balaban J connectivity index is 0. The van der Waals surface area contributed by atoms with Crippen LogP contribution in [0.4, 0.5) is 0 Å². The predicted molar refractivity (Wildman–Crippen MR) is 50.6 cm³/mol. The van der Waals surface area contributed by atoms with E-state index in [2.05, 4.69) is 24.5 Å². The second kappa shape index (κ2) is 9.51. The van der Waals surface area contributed by atoms with Gasteiger partial charge in [-0.25, -0.2) is 0 Å². The molecule has 1 aromatic carbocycles. The van der Waals surface area contributed by atoms with Gasteiger partial charge >= 0.3 is 58.2 Å². The molecule has 0 spiro atoms. The minimum atomic E-state index is -0.137. The fourth-order valence-electron chi connectivity index (χ4n) is 0.700. The molecule has 1 rings (SSSR count). The summed E-state index contributed by atoms with van der Waals surface area (Å²) in [7, 11) is 0. The summed E-state index contributed by atoms with van der Waals surface area (Å²) in [6, 6.07) is 8.93. The van der Waals surface area contributed by atoms with Crippen molar-refractivity contribution in [1.29, 1.82) is 0 Å². The molecule has 2 nitrogen and oxygen atoms in total. The Morgan fingerprint density at radius 3 is 2.71 bits per heavy atom. The first kappa shape index (κ1) is 16.4. The van der Waals surface area contributed by atoms with Gasteiger partial charge in [0.2, 0.25) is 0 Å². The fraction of sp³-hybridized carbons (Fsp3) is 0. The maximum Gasteiger partial charge on any atom is 1.00 e. The van der Waals surface area contributed by atoms with Gasteiger partial charge in [0, 0.05) is 0 Å². The normalized spacial score (nSPS) is 6.86. The molecule has 14 heavy (non-hydrogen) atoms. The van der Waals surface area contributed by atoms with E-state index in [1.165, 1.54) is 12.1 Å². The van der Waals surface area contributed by atoms with Crippen molar-refractivity contribution in [3.05, 3.63) is 58.8 Å². The van der Waals surface area contributed by atoms with E-state index in [1.807, 2.05) is 0 Å². The van der Waals surface area contributed by atoms with Gasteiger partial charge < -0.3 is 10.3 Å². The van der Waals surface area contributed by atoms with E-state index in [9.17, 15) is 4.79 Å². The van der Waals surface area contributed by atoms with Crippen LogP contribution in [-0.2, 0) is 0 Å². The molecular weight excluding hydrogens is 250 g/mol. The third kappa shape index (κ3) is 6.42. The van der Waals surface area contributed by atoms with Crippen LogP contribution in [-0.4, -0.2) is 5.48 Å². The Kier molecular flexibility index (Phi) is 11.1. The molecule has 3 heteroatoms. The maximum absolute atomic E-state index is 10.8. The zero-order chi connectivity index (χ0) is 8.81. The van der Waals surface area contributed by atoms with E-state index in [4.69, 9.17) is 0 Å². The van der Waals surface area contributed by atoms with Gasteiger partial charge in [0.15, 0.2) is 0 Å². The van der Waals surface area contributed by atoms with E-state index in [0.29, 0.717) is 0 Å². The molecule has 0 atom stereocenters. The van der Waals surface area contributed by atoms with Crippen molar-refractivity contribution in [2.24, 2.45) is 0 Å². The van der Waals surface area contributed by atoms with Gasteiger partial charge in [-0.1, -0.05) is 18.4 Å². The van der Waals surface area contributed by atoms with Crippen molar-refractivity contribution in [3.8, 4) is 11.8 Å². The minimum Gasteiger partial charge on any atom is -0.870 e. The van der Waals surface area contributed by atoms with Gasteiger partial charge in [0.1, 0.15) is 0 Å². The van der Waals surface area contributed by atoms with Crippen LogP contribution in [0.15, 0.2) is 41.7 Å². The largest absolute Gasteiger partial charge is 1.00 e. The topological polar surface area (TPSA) is 47.1 Å². The summed E-state index contributed by atoms with van der Waals surface area (Å²) < 4.78 is 0. The zero-order valence-corrected chi connectivity index (χ0v) is 12.9. The Morgan fingerprint density at radius 2 is 2.07 bits per heavy atom. The van der Waals surface area contributed by atoms with Gasteiger partial charge in [-0.15, -0.1) is 24.3 Å². The van der Waals surface area contributed by atoms with Crippen LogP contribution in [0, 0.1) is 17.9 Å². The smallest absolute Gasteiger partial charge is 0.870 e. The van der Waals surface area contributed by atoms with Crippen LogP contribution >= 0.6 is 0 Å². The van der Waals surface area contributed by atoms with Crippen molar-refractivity contribution < 1.29 is 63.7 Å². The average molecular weight is 258 g/mol. The summed E-state index contributed by atoms with van der Waals surface area (Å²) in [5.41, 5.74) is 0.648. The number of allylic oxidation sites excluding steroid dienone is 1. The van der Waals surface area contributed by atoms with E-state index < -0.39 is 0 Å². The molecule has 1 aromatic rings. The van der Waals surface area contributed by atoms with E-state index in [0.717, 1.165) is 5.56 Å². The molecule has 0 unspecified atom stereocenters. The van der Waals surface area contributed by atoms with Crippen molar-refractivity contribution >= 4 is 0 Å². The fourth-order valence-corrected chi connectivity index (χ4v) is 0.700. The summed E-state index contributed by atoms with van der Waals surface area (Å²) >= 11 is 0. The zero-order valence-electron chi connectivity index (χ0n) is 7.95. The van der Waals surface area contributed by atoms with Crippen molar-refractivity contribution in [3.63, 3.8) is 0 Å². The second-order valence-electron chi connectivity index (χ2n) is 2.10. The Hall–Kier alpha value is -0.0448. The van der Waals surface area contributed by atoms with Crippen molar-refractivity contribution in [2.75, 3.05) is 0 Å². The molecule has 66 valence electrons. The number of rotatable bonds is 0. The Bertz CT molecular complexity index is 402. The van der Waals surface area contributed by atoms with Crippen molar-refractivity contribution in [2.45, 2.75) is 0 Å². The van der Waals surface area contributed by atoms with Crippen LogP contribution in [0.25, 0.3) is 0 Å². The summed E-state index contributed by atoms with van der Waals surface area (Å²) in [5, 5.41) is 0. The summed E-state index contributed by atoms with van der Waals surface area (Å²) in [6.07, 6.45) is 1.51. The second-order valence-corrected chi connectivity index (χ2v) is 2.10. The van der Waals surface area contributed by atoms with E-state index >= 15 is 0 Å². The Morgan fingerprint density at radius 1 is 1.36 bits per heavy atom. The Labute approximate surface area is 132 Å². The number of hydrogen-bond acceptors (Lipinski definition) is 2. The molecule has 0 amide bonds. The first-order valence-corrected chi connectivity index (χ1v) is 3.47. The first-order chi connectivity index (χ1) is 5.83. The molecule has 0 aromatic heterocycles. The molecule has 0 aliphatic heterocycles. The summed E-state index contributed by atoms with van der Waals surface area (Å²) in [5.74, 6) is 5.51. The molecule has 0 saturated carbocycles. The van der Waals surface area contributed by atoms with E-state index in [1.54, 1.807) is 18.2 Å². The number of hydrogen-bond donors (Lipinski definition) is 0. The van der Waals surface area contributed by atoms with Crippen LogP contribution in [0.1, 0.15) is 5.56 Å². The predicted octanol–water partition coefficient (Wildman–Crippen LogP) is -1.79. The van der Waals surface area contributed by atoms with Crippen LogP contribution < -0.4 is 63.6 Å². The van der Waals surface area contributed by atoms with Gasteiger partial charge in [-0.2, -0.15) is 6.07 Å². The SMILES string of the molecule is C=CC#Cc1cc[c-]c(=O)cc1.[OH-].[Rb+]. The average Bonchev–Trinajstić information content (AvgIpc) is 2.27. The van der Waals surface area contributed by atoms with Gasteiger partial charge in [0.25, 0.3) is 0 Å². The standard InChI is InChI=1S/C11H7O.H2O.Rb/c1-2-3-5-10-6-4-7-11(12)9-8-10;;/h2,4,6,8-9H,1H2;1H2;/q-1;;+1/p-1. The molecule has 0 aliphatic rings. The monoisotopic (exact) mass is 257 g/mol. The van der Waals surface area contributed by atoms with Crippen LogP contribution in [0.5, 0.6) is 0 Å². The molecule has 0 radical (unpaired) electrons. The quantitative estimate of drug-likeness (QED) is 0.407.